The lowest BCUT2D eigenvalue weighted by atomic mass is 10.1. The van der Waals surface area contributed by atoms with Crippen molar-refractivity contribution in [1.82, 2.24) is 5.32 Å². The third kappa shape index (κ3) is 4.48. The summed E-state index contributed by atoms with van der Waals surface area (Å²) in [4.78, 5) is 11.8. The van der Waals surface area contributed by atoms with E-state index in [0.717, 1.165) is 0 Å². The number of hydrogen-bond donors (Lipinski definition) is 2. The maximum absolute atomic E-state index is 11.8. The van der Waals surface area contributed by atoms with Crippen LogP contribution in [0.25, 0.3) is 0 Å². The average molecular weight is 274 g/mol. The highest BCUT2D eigenvalue weighted by Crippen LogP contribution is 2.20. The summed E-state index contributed by atoms with van der Waals surface area (Å²) in [5, 5.41) is 3.37. The number of ether oxygens (including phenoxy) is 1. The second kappa shape index (κ2) is 6.17. The molecule has 1 aromatic rings. The molecule has 1 amide bonds. The first-order chi connectivity index (χ1) is 7.95. The summed E-state index contributed by atoms with van der Waals surface area (Å²) < 4.78 is 5.62. The first kappa shape index (κ1) is 14.2. The van der Waals surface area contributed by atoms with Crippen LogP contribution >= 0.6 is 24.2 Å². The summed E-state index contributed by atoms with van der Waals surface area (Å²) in [5.41, 5.74) is -0.920. The van der Waals surface area contributed by atoms with Gasteiger partial charge in [-0.2, -0.15) is 12.6 Å². The molecule has 0 bridgehead atoms. The van der Waals surface area contributed by atoms with Crippen LogP contribution < -0.4 is 10.1 Å². The Kier molecular flexibility index (Phi) is 5.15. The molecule has 1 rings (SSSR count). The lowest BCUT2D eigenvalue weighted by molar-refractivity contribution is -0.134. The van der Waals surface area contributed by atoms with Crippen molar-refractivity contribution >= 4 is 30.1 Å². The number of rotatable bonds is 5. The molecule has 0 unspecified atom stereocenters. The Hall–Kier alpha value is -0.870. The highest BCUT2D eigenvalue weighted by Gasteiger charge is 2.29. The van der Waals surface area contributed by atoms with E-state index in [1.54, 1.807) is 38.1 Å². The summed E-state index contributed by atoms with van der Waals surface area (Å²) in [6.45, 7) is 3.96. The lowest BCUT2D eigenvalue weighted by Gasteiger charge is -2.25. The van der Waals surface area contributed by atoms with Crippen molar-refractivity contribution in [2.45, 2.75) is 19.4 Å². The van der Waals surface area contributed by atoms with Crippen molar-refractivity contribution in [3.8, 4) is 5.75 Å². The van der Waals surface area contributed by atoms with Gasteiger partial charge in [-0.25, -0.2) is 0 Å². The van der Waals surface area contributed by atoms with Crippen LogP contribution in [0.2, 0.25) is 5.02 Å². The first-order valence-corrected chi connectivity index (χ1v) is 6.30. The van der Waals surface area contributed by atoms with Gasteiger partial charge in [-0.05, 0) is 38.1 Å². The topological polar surface area (TPSA) is 38.3 Å². The van der Waals surface area contributed by atoms with Crippen LogP contribution in [0, 0.1) is 0 Å². The van der Waals surface area contributed by atoms with Crippen LogP contribution in [-0.2, 0) is 4.79 Å². The van der Waals surface area contributed by atoms with Crippen LogP contribution in [-0.4, -0.2) is 23.8 Å². The minimum atomic E-state index is -0.920. The summed E-state index contributed by atoms with van der Waals surface area (Å²) in [6.07, 6.45) is 0. The molecular formula is C12H16ClNO2S. The Bertz CT molecular complexity index is 379. The van der Waals surface area contributed by atoms with E-state index in [-0.39, 0.29) is 5.91 Å². The van der Waals surface area contributed by atoms with Gasteiger partial charge in [-0.3, -0.25) is 4.79 Å². The van der Waals surface area contributed by atoms with Gasteiger partial charge in [0.2, 0.25) is 0 Å². The number of benzene rings is 1. The molecular weight excluding hydrogens is 258 g/mol. The fourth-order valence-electron chi connectivity index (χ4n) is 1.23. The number of carbonyl (C=O) groups excluding carboxylic acids is 1. The van der Waals surface area contributed by atoms with Gasteiger partial charge >= 0.3 is 0 Å². The van der Waals surface area contributed by atoms with Gasteiger partial charge in [0, 0.05) is 17.3 Å². The lowest BCUT2D eigenvalue weighted by Crippen LogP contribution is -2.47. The maximum Gasteiger partial charge on any atom is 0.263 e. The van der Waals surface area contributed by atoms with Gasteiger partial charge in [0.25, 0.3) is 5.91 Å². The second-order valence-corrected chi connectivity index (χ2v) is 4.93. The minimum Gasteiger partial charge on any atom is -0.478 e. The van der Waals surface area contributed by atoms with Gasteiger partial charge in [-0.1, -0.05) is 11.6 Å². The van der Waals surface area contributed by atoms with E-state index in [1.165, 1.54) is 0 Å². The molecule has 0 saturated heterocycles. The van der Waals surface area contributed by atoms with E-state index < -0.39 is 5.60 Å². The summed E-state index contributed by atoms with van der Waals surface area (Å²) in [5.74, 6) is 1.05. The normalized spacial score (nSPS) is 11.1. The van der Waals surface area contributed by atoms with Crippen LogP contribution in [0.3, 0.4) is 0 Å². The standard InChI is InChI=1S/C12H16ClNO2S/c1-12(2,11(15)14-7-8-17)16-10-5-3-9(13)4-6-10/h3-6,17H,7-8H2,1-2H3,(H,14,15). The van der Waals surface area contributed by atoms with Crippen LogP contribution in [0.5, 0.6) is 5.75 Å². The molecule has 0 radical (unpaired) electrons. The van der Waals surface area contributed by atoms with Gasteiger partial charge in [0.05, 0.1) is 0 Å². The monoisotopic (exact) mass is 273 g/mol. The maximum atomic E-state index is 11.8. The molecule has 1 aromatic carbocycles. The zero-order valence-corrected chi connectivity index (χ0v) is 11.5. The van der Waals surface area contributed by atoms with E-state index in [2.05, 4.69) is 17.9 Å². The highest BCUT2D eigenvalue weighted by atomic mass is 35.5. The Morgan fingerprint density at radius 3 is 2.53 bits per heavy atom. The van der Waals surface area contributed by atoms with Crippen LogP contribution in [0.1, 0.15) is 13.8 Å². The minimum absolute atomic E-state index is 0.165. The Balaban J connectivity index is 2.65. The Labute approximate surface area is 112 Å². The van der Waals surface area contributed by atoms with E-state index >= 15 is 0 Å². The predicted molar refractivity (Wildman–Crippen MR) is 73.0 cm³/mol. The molecule has 0 fully saturated rings. The van der Waals surface area contributed by atoms with Crippen LogP contribution in [0.15, 0.2) is 24.3 Å². The van der Waals surface area contributed by atoms with Gasteiger partial charge in [0.15, 0.2) is 5.60 Å². The number of nitrogens with one attached hydrogen (secondary N) is 1. The fraction of sp³-hybridized carbons (Fsp3) is 0.417. The van der Waals surface area contributed by atoms with Crippen molar-refractivity contribution < 1.29 is 9.53 Å². The first-order valence-electron chi connectivity index (χ1n) is 5.29. The molecule has 0 aromatic heterocycles. The number of halogens is 1. The summed E-state index contributed by atoms with van der Waals surface area (Å²) >= 11 is 9.80. The van der Waals surface area contributed by atoms with E-state index in [4.69, 9.17) is 16.3 Å². The van der Waals surface area contributed by atoms with Crippen molar-refractivity contribution in [1.29, 1.82) is 0 Å². The number of thiol groups is 1. The summed E-state index contributed by atoms with van der Waals surface area (Å²) in [7, 11) is 0. The molecule has 0 aliphatic rings. The van der Waals surface area contributed by atoms with E-state index in [1.807, 2.05) is 0 Å². The molecule has 0 aliphatic heterocycles. The van der Waals surface area contributed by atoms with Crippen molar-refractivity contribution in [3.05, 3.63) is 29.3 Å². The zero-order chi connectivity index (χ0) is 12.9. The number of hydrogen-bond acceptors (Lipinski definition) is 3. The molecule has 3 nitrogen and oxygen atoms in total. The van der Waals surface area contributed by atoms with Gasteiger partial charge < -0.3 is 10.1 Å². The molecule has 5 heteroatoms. The Morgan fingerprint density at radius 2 is 2.00 bits per heavy atom. The molecule has 0 saturated carbocycles. The number of amides is 1. The smallest absolute Gasteiger partial charge is 0.263 e. The largest absolute Gasteiger partial charge is 0.478 e. The SMILES string of the molecule is CC(C)(Oc1ccc(Cl)cc1)C(=O)NCCS. The van der Waals surface area contributed by atoms with E-state index in [9.17, 15) is 4.79 Å². The molecule has 1 N–H and O–H groups in total. The van der Waals surface area contributed by atoms with Crippen molar-refractivity contribution in [3.63, 3.8) is 0 Å². The van der Waals surface area contributed by atoms with Gasteiger partial charge in [-0.15, -0.1) is 0 Å². The average Bonchev–Trinajstić information content (AvgIpc) is 2.28. The summed E-state index contributed by atoms with van der Waals surface area (Å²) in [6, 6.07) is 6.91. The second-order valence-electron chi connectivity index (χ2n) is 4.05. The fourth-order valence-corrected chi connectivity index (χ4v) is 1.46. The van der Waals surface area contributed by atoms with Crippen molar-refractivity contribution in [2.75, 3.05) is 12.3 Å². The third-order valence-corrected chi connectivity index (χ3v) is 2.61. The third-order valence-electron chi connectivity index (χ3n) is 2.13. The van der Waals surface area contributed by atoms with Gasteiger partial charge in [0.1, 0.15) is 5.75 Å². The van der Waals surface area contributed by atoms with E-state index in [0.29, 0.717) is 23.1 Å². The molecule has 0 atom stereocenters. The molecule has 0 heterocycles. The zero-order valence-electron chi connectivity index (χ0n) is 9.87. The molecule has 17 heavy (non-hydrogen) atoms. The Morgan fingerprint density at radius 1 is 1.41 bits per heavy atom. The highest BCUT2D eigenvalue weighted by molar-refractivity contribution is 7.80. The predicted octanol–water partition coefficient (Wildman–Crippen LogP) is 2.54. The molecule has 0 spiro atoms. The van der Waals surface area contributed by atoms with Crippen molar-refractivity contribution in [2.24, 2.45) is 0 Å². The van der Waals surface area contributed by atoms with Crippen LogP contribution in [0.4, 0.5) is 0 Å². The number of carbonyl (C=O) groups is 1. The molecule has 94 valence electrons. The molecule has 0 aliphatic carbocycles. The quantitative estimate of drug-likeness (QED) is 0.809.